The molecule has 1 heterocycles. The Labute approximate surface area is 131 Å². The average Bonchev–Trinajstić information content (AvgIpc) is 2.94. The van der Waals surface area contributed by atoms with Gasteiger partial charge in [-0.2, -0.15) is 0 Å². The summed E-state index contributed by atoms with van der Waals surface area (Å²) in [5.41, 5.74) is 0.715. The van der Waals surface area contributed by atoms with Crippen molar-refractivity contribution in [1.82, 2.24) is 10.2 Å². The Balaban J connectivity index is 1.73. The molecule has 2 N–H and O–H groups in total. The van der Waals surface area contributed by atoms with E-state index in [4.69, 9.17) is 11.6 Å². The molecule has 1 saturated heterocycles. The zero-order valence-corrected chi connectivity index (χ0v) is 13.1. The molecule has 1 aliphatic rings. The number of amides is 1. The summed E-state index contributed by atoms with van der Waals surface area (Å²) in [4.78, 5) is 14.3. The molecule has 1 aromatic rings. The van der Waals surface area contributed by atoms with E-state index in [0.717, 1.165) is 26.1 Å². The fourth-order valence-corrected chi connectivity index (χ4v) is 2.80. The van der Waals surface area contributed by atoms with Crippen molar-refractivity contribution in [1.29, 1.82) is 0 Å². The van der Waals surface area contributed by atoms with Crippen LogP contribution in [0.1, 0.15) is 31.4 Å². The Bertz CT molecular complexity index is 464. The molecule has 0 radical (unpaired) electrons. The highest BCUT2D eigenvalue weighted by Crippen LogP contribution is 2.19. The van der Waals surface area contributed by atoms with E-state index in [1.807, 2.05) is 0 Å². The second-order valence-electron chi connectivity index (χ2n) is 5.62. The van der Waals surface area contributed by atoms with Crippen molar-refractivity contribution in [3.8, 4) is 0 Å². The average molecular weight is 311 g/mol. The van der Waals surface area contributed by atoms with Crippen molar-refractivity contribution >= 4 is 17.5 Å². The van der Waals surface area contributed by atoms with Gasteiger partial charge in [-0.05, 0) is 43.1 Å². The van der Waals surface area contributed by atoms with Crippen molar-refractivity contribution in [2.45, 2.75) is 25.9 Å². The number of halogens is 1. The van der Waals surface area contributed by atoms with Crippen LogP contribution in [0.2, 0.25) is 5.02 Å². The highest BCUT2D eigenvalue weighted by molar-refractivity contribution is 6.30. The molecule has 1 amide bonds. The van der Waals surface area contributed by atoms with Gasteiger partial charge in [0, 0.05) is 18.1 Å². The summed E-state index contributed by atoms with van der Waals surface area (Å²) in [5.74, 6) is 0.425. The van der Waals surface area contributed by atoms with Gasteiger partial charge in [0.05, 0.1) is 12.5 Å². The number of nitrogens with one attached hydrogen (secondary N) is 1. The molecule has 5 heteroatoms. The second-order valence-corrected chi connectivity index (χ2v) is 6.06. The smallest absolute Gasteiger partial charge is 0.222 e. The van der Waals surface area contributed by atoms with Gasteiger partial charge < -0.3 is 15.3 Å². The van der Waals surface area contributed by atoms with E-state index in [1.165, 1.54) is 0 Å². The molecule has 2 unspecified atom stereocenters. The first kappa shape index (κ1) is 16.3. The van der Waals surface area contributed by atoms with Crippen LogP contribution in [0.4, 0.5) is 0 Å². The summed E-state index contributed by atoms with van der Waals surface area (Å²) in [6.07, 6.45) is 0.442. The van der Waals surface area contributed by atoms with Gasteiger partial charge in [-0.3, -0.25) is 4.79 Å². The number of rotatable bonds is 6. The summed E-state index contributed by atoms with van der Waals surface area (Å²) in [6.45, 7) is 6.09. The van der Waals surface area contributed by atoms with Crippen LogP contribution in [0, 0.1) is 5.92 Å². The zero-order chi connectivity index (χ0) is 15.2. The molecule has 0 bridgehead atoms. The standard InChI is InChI=1S/C16H23ClN2O2/c1-2-19-8-7-12(11-19)10-18-16(21)9-15(20)13-3-5-14(17)6-4-13/h3-6,12,15,20H,2,7-11H2,1H3,(H,18,21). The number of aliphatic hydroxyl groups excluding tert-OH is 1. The highest BCUT2D eigenvalue weighted by Gasteiger charge is 2.22. The quantitative estimate of drug-likeness (QED) is 0.847. The van der Waals surface area contributed by atoms with Crippen molar-refractivity contribution in [3.63, 3.8) is 0 Å². The lowest BCUT2D eigenvalue weighted by Crippen LogP contribution is -2.31. The maximum atomic E-state index is 11.9. The highest BCUT2D eigenvalue weighted by atomic mass is 35.5. The number of carbonyl (C=O) groups is 1. The Kier molecular flexibility index (Phi) is 6.03. The Morgan fingerprint density at radius 2 is 2.19 bits per heavy atom. The zero-order valence-electron chi connectivity index (χ0n) is 12.4. The maximum Gasteiger partial charge on any atom is 0.222 e. The van der Waals surface area contributed by atoms with E-state index < -0.39 is 6.10 Å². The molecule has 0 saturated carbocycles. The van der Waals surface area contributed by atoms with Crippen LogP contribution >= 0.6 is 11.6 Å². The number of nitrogens with zero attached hydrogens (tertiary/aromatic N) is 1. The normalized spacial score (nSPS) is 20.4. The van der Waals surface area contributed by atoms with Crippen LogP contribution in [-0.4, -0.2) is 42.1 Å². The molecule has 2 atom stereocenters. The molecule has 116 valence electrons. The van der Waals surface area contributed by atoms with Gasteiger partial charge in [-0.25, -0.2) is 0 Å². The molecule has 4 nitrogen and oxygen atoms in total. The van der Waals surface area contributed by atoms with Crippen molar-refractivity contribution < 1.29 is 9.90 Å². The summed E-state index contributed by atoms with van der Waals surface area (Å²) in [5, 5.41) is 13.6. The Morgan fingerprint density at radius 1 is 1.48 bits per heavy atom. The third-order valence-electron chi connectivity index (χ3n) is 4.04. The molecule has 1 aromatic carbocycles. The maximum absolute atomic E-state index is 11.9. The van der Waals surface area contributed by atoms with E-state index in [0.29, 0.717) is 23.0 Å². The minimum absolute atomic E-state index is 0.0891. The molecule has 1 aliphatic heterocycles. The van der Waals surface area contributed by atoms with Crippen LogP contribution in [0.25, 0.3) is 0 Å². The number of hydrogen-bond acceptors (Lipinski definition) is 3. The van der Waals surface area contributed by atoms with Crippen molar-refractivity contribution in [2.75, 3.05) is 26.2 Å². The van der Waals surface area contributed by atoms with E-state index in [9.17, 15) is 9.90 Å². The molecular weight excluding hydrogens is 288 g/mol. The van der Waals surface area contributed by atoms with Gasteiger partial charge in [0.25, 0.3) is 0 Å². The van der Waals surface area contributed by atoms with E-state index in [2.05, 4.69) is 17.1 Å². The van der Waals surface area contributed by atoms with E-state index in [1.54, 1.807) is 24.3 Å². The minimum Gasteiger partial charge on any atom is -0.388 e. The van der Waals surface area contributed by atoms with Crippen LogP contribution in [0.3, 0.4) is 0 Å². The van der Waals surface area contributed by atoms with E-state index in [-0.39, 0.29) is 12.3 Å². The number of aliphatic hydroxyl groups is 1. The van der Waals surface area contributed by atoms with Gasteiger partial charge >= 0.3 is 0 Å². The van der Waals surface area contributed by atoms with Gasteiger partial charge in [-0.15, -0.1) is 0 Å². The summed E-state index contributed by atoms with van der Waals surface area (Å²) in [7, 11) is 0. The molecule has 0 spiro atoms. The monoisotopic (exact) mass is 310 g/mol. The lowest BCUT2D eigenvalue weighted by molar-refractivity contribution is -0.123. The molecule has 1 fully saturated rings. The summed E-state index contributed by atoms with van der Waals surface area (Å²) >= 11 is 5.80. The fraction of sp³-hybridized carbons (Fsp3) is 0.562. The van der Waals surface area contributed by atoms with Crippen LogP contribution in [-0.2, 0) is 4.79 Å². The topological polar surface area (TPSA) is 52.6 Å². The SMILES string of the molecule is CCN1CCC(CNC(=O)CC(O)c2ccc(Cl)cc2)C1. The van der Waals surface area contributed by atoms with Gasteiger partial charge in [-0.1, -0.05) is 30.7 Å². The number of hydrogen-bond donors (Lipinski definition) is 2. The van der Waals surface area contributed by atoms with Gasteiger partial charge in [0.2, 0.25) is 5.91 Å². The largest absolute Gasteiger partial charge is 0.388 e. The van der Waals surface area contributed by atoms with Crippen molar-refractivity contribution in [2.24, 2.45) is 5.92 Å². The minimum atomic E-state index is -0.780. The molecule has 0 aromatic heterocycles. The predicted octanol–water partition coefficient (Wildman–Crippen LogP) is 2.22. The lowest BCUT2D eigenvalue weighted by atomic mass is 10.1. The molecule has 21 heavy (non-hydrogen) atoms. The molecular formula is C16H23ClN2O2. The molecule has 0 aliphatic carbocycles. The lowest BCUT2D eigenvalue weighted by Gasteiger charge is -2.15. The fourth-order valence-electron chi connectivity index (χ4n) is 2.68. The molecule has 2 rings (SSSR count). The first-order chi connectivity index (χ1) is 10.1. The third-order valence-corrected chi connectivity index (χ3v) is 4.29. The van der Waals surface area contributed by atoms with Gasteiger partial charge in [0.1, 0.15) is 0 Å². The summed E-state index contributed by atoms with van der Waals surface area (Å²) in [6, 6.07) is 6.93. The van der Waals surface area contributed by atoms with Crippen LogP contribution in [0.5, 0.6) is 0 Å². The van der Waals surface area contributed by atoms with E-state index >= 15 is 0 Å². The number of carbonyl (C=O) groups excluding carboxylic acids is 1. The van der Waals surface area contributed by atoms with Crippen molar-refractivity contribution in [3.05, 3.63) is 34.9 Å². The van der Waals surface area contributed by atoms with Crippen LogP contribution < -0.4 is 5.32 Å². The number of likely N-dealkylation sites (tertiary alicyclic amines) is 1. The first-order valence-corrected chi connectivity index (χ1v) is 7.89. The Hall–Kier alpha value is -1.10. The third kappa shape index (κ3) is 4.99. The number of benzene rings is 1. The first-order valence-electron chi connectivity index (χ1n) is 7.51. The predicted molar refractivity (Wildman–Crippen MR) is 84.3 cm³/mol. The Morgan fingerprint density at radius 3 is 2.81 bits per heavy atom. The van der Waals surface area contributed by atoms with Gasteiger partial charge in [0.15, 0.2) is 0 Å². The second kappa shape index (κ2) is 7.78. The summed E-state index contributed by atoms with van der Waals surface area (Å²) < 4.78 is 0. The van der Waals surface area contributed by atoms with Crippen LogP contribution in [0.15, 0.2) is 24.3 Å².